The van der Waals surface area contributed by atoms with Crippen LogP contribution in [-0.4, -0.2) is 4.21 Å². The van der Waals surface area contributed by atoms with E-state index in [1.165, 1.54) is 5.41 Å². The summed E-state index contributed by atoms with van der Waals surface area (Å²) in [5, 5.41) is 10.5. The second-order valence-electron chi connectivity index (χ2n) is 5.86. The molecule has 1 atom stereocenters. The first-order valence-corrected chi connectivity index (χ1v) is 9.74. The molecule has 0 spiro atoms. The van der Waals surface area contributed by atoms with Gasteiger partial charge in [-0.15, -0.1) is 4.36 Å². The second kappa shape index (κ2) is 7.81. The molecular weight excluding hydrogens is 340 g/mol. The first-order chi connectivity index (χ1) is 12.6. The third kappa shape index (κ3) is 4.08. The molecule has 0 N–H and O–H groups in total. The molecule has 0 heterocycles. The van der Waals surface area contributed by atoms with Crippen molar-refractivity contribution in [3.05, 3.63) is 95.4 Å². The monoisotopic (exact) mass is 358 g/mol. The molecule has 0 amide bonds. The Morgan fingerprint density at radius 2 is 1.50 bits per heavy atom. The summed E-state index contributed by atoms with van der Waals surface area (Å²) in [6.07, 6.45) is 3.43. The van der Waals surface area contributed by atoms with Gasteiger partial charge in [0, 0.05) is 5.41 Å². The summed E-state index contributed by atoms with van der Waals surface area (Å²) < 4.78 is 16.8. The van der Waals surface area contributed by atoms with Gasteiger partial charge in [0.2, 0.25) is 6.19 Å². The van der Waals surface area contributed by atoms with Crippen molar-refractivity contribution < 1.29 is 4.21 Å². The average molecular weight is 358 g/mol. The van der Waals surface area contributed by atoms with Crippen LogP contribution in [0.15, 0.2) is 93.5 Å². The second-order valence-corrected chi connectivity index (χ2v) is 7.93. The van der Waals surface area contributed by atoms with Crippen LogP contribution in [0.25, 0.3) is 17.2 Å². The van der Waals surface area contributed by atoms with Gasteiger partial charge in [-0.05, 0) is 41.8 Å². The summed E-state index contributed by atoms with van der Waals surface area (Å²) >= 11 is 0. The van der Waals surface area contributed by atoms with E-state index in [1.807, 2.05) is 61.5 Å². The van der Waals surface area contributed by atoms with Crippen molar-refractivity contribution in [2.75, 3.05) is 0 Å². The highest BCUT2D eigenvalue weighted by atomic mass is 32.2. The standard InChI is InChI=1S/C22H18N2OS/c1-18-7-13-22(14-8-18)26(25,24-17-23)16-15-19-9-11-21(12-10-19)20-5-3-2-4-6-20/h2-16H,1H3/b16-15+. The highest BCUT2D eigenvalue weighted by molar-refractivity contribution is 7.96. The van der Waals surface area contributed by atoms with E-state index >= 15 is 0 Å². The minimum atomic E-state index is -2.91. The molecule has 3 nitrogen and oxygen atoms in total. The van der Waals surface area contributed by atoms with Gasteiger partial charge in [0.25, 0.3) is 0 Å². The number of hydrogen-bond donors (Lipinski definition) is 0. The predicted octanol–water partition coefficient (Wildman–Crippen LogP) is 5.64. The van der Waals surface area contributed by atoms with E-state index < -0.39 is 9.73 Å². The maximum absolute atomic E-state index is 13.1. The normalized spacial score (nSPS) is 13.1. The quantitative estimate of drug-likeness (QED) is 0.567. The van der Waals surface area contributed by atoms with Crippen LogP contribution >= 0.6 is 0 Å². The van der Waals surface area contributed by atoms with Crippen molar-refractivity contribution in [2.45, 2.75) is 11.8 Å². The van der Waals surface area contributed by atoms with Crippen LogP contribution in [0, 0.1) is 18.4 Å². The molecule has 0 saturated carbocycles. The number of nitrogens with zero attached hydrogens (tertiary/aromatic N) is 2. The minimum Gasteiger partial charge on any atom is -0.239 e. The van der Waals surface area contributed by atoms with Crippen LogP contribution in [0.5, 0.6) is 0 Å². The highest BCUT2D eigenvalue weighted by Crippen LogP contribution is 2.21. The third-order valence-electron chi connectivity index (χ3n) is 4.00. The summed E-state index contributed by atoms with van der Waals surface area (Å²) in [4.78, 5) is 0.529. The fourth-order valence-corrected chi connectivity index (χ4v) is 3.86. The summed E-state index contributed by atoms with van der Waals surface area (Å²) in [6, 6.07) is 25.3. The van der Waals surface area contributed by atoms with Crippen molar-refractivity contribution in [1.82, 2.24) is 0 Å². The lowest BCUT2D eigenvalue weighted by Gasteiger charge is -2.05. The zero-order chi connectivity index (χ0) is 18.4. The predicted molar refractivity (Wildman–Crippen MR) is 107 cm³/mol. The Hall–Kier alpha value is -3.16. The van der Waals surface area contributed by atoms with Gasteiger partial charge in [0.05, 0.1) is 4.90 Å². The number of nitriles is 1. The van der Waals surface area contributed by atoms with Crippen molar-refractivity contribution in [3.63, 3.8) is 0 Å². The molecule has 0 aliphatic carbocycles. The van der Waals surface area contributed by atoms with Crippen molar-refractivity contribution in [1.29, 1.82) is 5.26 Å². The number of aryl methyl sites for hydroxylation is 1. The molecule has 26 heavy (non-hydrogen) atoms. The van der Waals surface area contributed by atoms with E-state index in [0.717, 1.165) is 22.3 Å². The summed E-state index contributed by atoms with van der Waals surface area (Å²) in [5.41, 5.74) is 4.22. The molecule has 128 valence electrons. The number of hydrogen-bond acceptors (Lipinski definition) is 3. The lowest BCUT2D eigenvalue weighted by molar-refractivity contribution is 0.682. The van der Waals surface area contributed by atoms with Crippen LogP contribution in [0.1, 0.15) is 11.1 Å². The lowest BCUT2D eigenvalue weighted by Crippen LogP contribution is -1.96. The van der Waals surface area contributed by atoms with E-state index in [0.29, 0.717) is 4.90 Å². The molecule has 4 heteroatoms. The van der Waals surface area contributed by atoms with Gasteiger partial charge < -0.3 is 0 Å². The third-order valence-corrected chi connectivity index (χ3v) is 5.80. The zero-order valence-corrected chi connectivity index (χ0v) is 15.2. The van der Waals surface area contributed by atoms with Crippen LogP contribution in [0.4, 0.5) is 0 Å². The maximum atomic E-state index is 13.1. The molecule has 0 radical (unpaired) electrons. The number of benzene rings is 3. The van der Waals surface area contributed by atoms with Gasteiger partial charge in [0.1, 0.15) is 9.73 Å². The van der Waals surface area contributed by atoms with E-state index in [2.05, 4.69) is 16.5 Å². The maximum Gasteiger partial charge on any atom is 0.215 e. The fraction of sp³-hybridized carbons (Fsp3) is 0.0455. The Labute approximate surface area is 154 Å². The van der Waals surface area contributed by atoms with Crippen LogP contribution in [-0.2, 0) is 9.73 Å². The van der Waals surface area contributed by atoms with E-state index in [9.17, 15) is 4.21 Å². The van der Waals surface area contributed by atoms with Gasteiger partial charge >= 0.3 is 0 Å². The first kappa shape index (κ1) is 17.7. The Kier molecular flexibility index (Phi) is 5.31. The van der Waals surface area contributed by atoms with Crippen LogP contribution in [0.3, 0.4) is 0 Å². The van der Waals surface area contributed by atoms with E-state index in [-0.39, 0.29) is 0 Å². The van der Waals surface area contributed by atoms with Crippen LogP contribution in [0.2, 0.25) is 0 Å². The molecular formula is C22H18N2OS. The van der Waals surface area contributed by atoms with Crippen molar-refractivity contribution in [3.8, 4) is 17.3 Å². The van der Waals surface area contributed by atoms with Gasteiger partial charge in [-0.2, -0.15) is 5.26 Å². The Bertz CT molecular complexity index is 1070. The summed E-state index contributed by atoms with van der Waals surface area (Å²) in [5.74, 6) is 0. The van der Waals surface area contributed by atoms with Gasteiger partial charge in [-0.25, -0.2) is 4.21 Å². The Morgan fingerprint density at radius 1 is 0.885 bits per heavy atom. The first-order valence-electron chi connectivity index (χ1n) is 8.16. The zero-order valence-electron chi connectivity index (χ0n) is 14.4. The van der Waals surface area contributed by atoms with Crippen molar-refractivity contribution >= 4 is 15.8 Å². The van der Waals surface area contributed by atoms with E-state index in [1.54, 1.807) is 24.4 Å². The van der Waals surface area contributed by atoms with Crippen LogP contribution < -0.4 is 0 Å². The summed E-state index contributed by atoms with van der Waals surface area (Å²) in [7, 11) is -2.91. The van der Waals surface area contributed by atoms with Gasteiger partial charge in [-0.3, -0.25) is 0 Å². The summed E-state index contributed by atoms with van der Waals surface area (Å²) in [6.45, 7) is 1.96. The molecule has 3 aromatic rings. The molecule has 3 aromatic carbocycles. The molecule has 0 aliphatic rings. The molecule has 1 unspecified atom stereocenters. The Balaban J connectivity index is 1.90. The average Bonchev–Trinajstić information content (AvgIpc) is 2.68. The molecule has 0 aromatic heterocycles. The molecule has 0 aliphatic heterocycles. The largest absolute Gasteiger partial charge is 0.239 e. The van der Waals surface area contributed by atoms with Gasteiger partial charge in [-0.1, -0.05) is 72.3 Å². The van der Waals surface area contributed by atoms with Crippen molar-refractivity contribution in [2.24, 2.45) is 4.36 Å². The smallest absolute Gasteiger partial charge is 0.215 e. The van der Waals surface area contributed by atoms with Gasteiger partial charge in [0.15, 0.2) is 0 Å². The fourth-order valence-electron chi connectivity index (χ4n) is 2.54. The topological polar surface area (TPSA) is 53.2 Å². The molecule has 0 saturated heterocycles. The van der Waals surface area contributed by atoms with E-state index in [4.69, 9.17) is 5.26 Å². The highest BCUT2D eigenvalue weighted by Gasteiger charge is 2.09. The number of rotatable bonds is 4. The SMILES string of the molecule is Cc1ccc(S(=O)(/C=C/c2ccc(-c3ccccc3)cc2)=NC#N)cc1. The minimum absolute atomic E-state index is 0.529. The molecule has 3 rings (SSSR count). The molecule has 0 fully saturated rings. The Morgan fingerprint density at radius 3 is 2.12 bits per heavy atom. The molecule has 0 bridgehead atoms. The lowest BCUT2D eigenvalue weighted by atomic mass is 10.0.